The third-order valence-corrected chi connectivity index (χ3v) is 4.47. The molecular formula is C19H18N2O3. The number of furan rings is 1. The van der Waals surface area contributed by atoms with Gasteiger partial charge in [-0.1, -0.05) is 18.2 Å². The van der Waals surface area contributed by atoms with Crippen LogP contribution in [0, 0.1) is 0 Å². The van der Waals surface area contributed by atoms with Gasteiger partial charge in [0.05, 0.1) is 23.4 Å². The Morgan fingerprint density at radius 3 is 2.71 bits per heavy atom. The molecule has 0 aliphatic carbocycles. The summed E-state index contributed by atoms with van der Waals surface area (Å²) in [7, 11) is 0. The van der Waals surface area contributed by atoms with Gasteiger partial charge in [-0.25, -0.2) is 4.98 Å². The first-order valence-corrected chi connectivity index (χ1v) is 8.13. The van der Waals surface area contributed by atoms with E-state index in [0.717, 1.165) is 10.9 Å². The van der Waals surface area contributed by atoms with Gasteiger partial charge in [0.25, 0.3) is 5.91 Å². The molecule has 0 radical (unpaired) electrons. The second kappa shape index (κ2) is 6.09. The van der Waals surface area contributed by atoms with E-state index in [1.807, 2.05) is 30.3 Å². The van der Waals surface area contributed by atoms with Crippen molar-refractivity contribution >= 4 is 16.8 Å². The Bertz CT molecular complexity index is 865. The number of piperidine rings is 1. The molecule has 5 nitrogen and oxygen atoms in total. The van der Waals surface area contributed by atoms with Crippen LogP contribution in [-0.4, -0.2) is 40.1 Å². The summed E-state index contributed by atoms with van der Waals surface area (Å²) in [5.74, 6) is 0.622. The Kier molecular flexibility index (Phi) is 3.78. The van der Waals surface area contributed by atoms with Crippen molar-refractivity contribution in [1.29, 1.82) is 0 Å². The molecule has 1 fully saturated rings. The minimum atomic E-state index is -0.304. The average molecular weight is 322 g/mol. The van der Waals surface area contributed by atoms with Crippen LogP contribution in [0.5, 0.6) is 0 Å². The van der Waals surface area contributed by atoms with E-state index in [4.69, 9.17) is 4.42 Å². The minimum Gasteiger partial charge on any atom is -0.463 e. The molecule has 1 aromatic carbocycles. The normalized spacial score (nSPS) is 15.8. The van der Waals surface area contributed by atoms with Crippen molar-refractivity contribution in [3.05, 3.63) is 54.3 Å². The zero-order valence-corrected chi connectivity index (χ0v) is 13.2. The fourth-order valence-electron chi connectivity index (χ4n) is 3.14. The predicted molar refractivity (Wildman–Crippen MR) is 90.6 cm³/mol. The highest BCUT2D eigenvalue weighted by molar-refractivity contribution is 6.07. The Morgan fingerprint density at radius 1 is 1.17 bits per heavy atom. The van der Waals surface area contributed by atoms with Gasteiger partial charge < -0.3 is 14.4 Å². The average Bonchev–Trinajstić information content (AvgIpc) is 3.15. The number of rotatable bonds is 2. The molecule has 0 bridgehead atoms. The monoisotopic (exact) mass is 322 g/mol. The van der Waals surface area contributed by atoms with Gasteiger partial charge in [0.2, 0.25) is 0 Å². The molecule has 0 spiro atoms. The molecule has 1 amide bonds. The summed E-state index contributed by atoms with van der Waals surface area (Å²) in [6.07, 6.45) is 2.54. The summed E-state index contributed by atoms with van der Waals surface area (Å²) in [5, 5.41) is 10.5. The van der Waals surface area contributed by atoms with E-state index in [2.05, 4.69) is 4.98 Å². The number of carbonyl (C=O) groups is 1. The molecule has 122 valence electrons. The number of benzene rings is 1. The highest BCUT2D eigenvalue weighted by Gasteiger charge is 2.24. The van der Waals surface area contributed by atoms with Crippen LogP contribution in [0.3, 0.4) is 0 Å². The molecule has 2 aromatic heterocycles. The Morgan fingerprint density at radius 2 is 1.96 bits per heavy atom. The number of nitrogens with zero attached hydrogens (tertiary/aromatic N) is 2. The molecule has 0 unspecified atom stereocenters. The molecule has 3 aromatic rings. The zero-order valence-electron chi connectivity index (χ0n) is 13.2. The standard InChI is InChI=1S/C19H18N2O3/c22-13-7-9-21(10-8-13)19(23)15-12-17(18-6-3-11-24-18)20-16-5-2-1-4-14(15)16/h1-6,11-13,22H,7-10H2. The first-order valence-electron chi connectivity index (χ1n) is 8.13. The number of aromatic nitrogens is 1. The van der Waals surface area contributed by atoms with E-state index < -0.39 is 0 Å². The summed E-state index contributed by atoms with van der Waals surface area (Å²) in [5.41, 5.74) is 2.05. The maximum absolute atomic E-state index is 13.0. The van der Waals surface area contributed by atoms with Crippen molar-refractivity contribution in [1.82, 2.24) is 9.88 Å². The lowest BCUT2D eigenvalue weighted by molar-refractivity contribution is 0.0548. The van der Waals surface area contributed by atoms with Crippen molar-refractivity contribution in [2.45, 2.75) is 18.9 Å². The predicted octanol–water partition coefficient (Wildman–Crippen LogP) is 3.09. The first kappa shape index (κ1) is 14.9. The van der Waals surface area contributed by atoms with Crippen molar-refractivity contribution in [2.24, 2.45) is 0 Å². The number of para-hydroxylation sites is 1. The quantitative estimate of drug-likeness (QED) is 0.787. The third kappa shape index (κ3) is 2.67. The van der Waals surface area contributed by atoms with Gasteiger partial charge in [-0.3, -0.25) is 4.79 Å². The minimum absolute atomic E-state index is 0.0201. The fraction of sp³-hybridized carbons (Fsp3) is 0.263. The van der Waals surface area contributed by atoms with E-state index in [-0.39, 0.29) is 12.0 Å². The summed E-state index contributed by atoms with van der Waals surface area (Å²) in [6, 6.07) is 13.1. The second-order valence-corrected chi connectivity index (χ2v) is 6.07. The van der Waals surface area contributed by atoms with Gasteiger partial charge in [0.1, 0.15) is 5.69 Å². The van der Waals surface area contributed by atoms with Crippen molar-refractivity contribution < 1.29 is 14.3 Å². The van der Waals surface area contributed by atoms with Gasteiger partial charge in [-0.05, 0) is 37.1 Å². The lowest BCUT2D eigenvalue weighted by Gasteiger charge is -2.30. The molecule has 1 aliphatic rings. The lowest BCUT2D eigenvalue weighted by atomic mass is 10.0. The van der Waals surface area contributed by atoms with Gasteiger partial charge in [0, 0.05) is 18.5 Å². The molecule has 0 saturated carbocycles. The van der Waals surface area contributed by atoms with Crippen LogP contribution >= 0.6 is 0 Å². The molecule has 1 aliphatic heterocycles. The highest BCUT2D eigenvalue weighted by Crippen LogP contribution is 2.27. The Hall–Kier alpha value is -2.66. The molecule has 3 heterocycles. The maximum Gasteiger partial charge on any atom is 0.254 e. The zero-order chi connectivity index (χ0) is 16.5. The Labute approximate surface area is 139 Å². The molecule has 24 heavy (non-hydrogen) atoms. The lowest BCUT2D eigenvalue weighted by Crippen LogP contribution is -2.40. The van der Waals surface area contributed by atoms with Gasteiger partial charge in [0.15, 0.2) is 5.76 Å². The number of amides is 1. The van der Waals surface area contributed by atoms with E-state index in [0.29, 0.717) is 42.9 Å². The number of hydrogen-bond donors (Lipinski definition) is 1. The topological polar surface area (TPSA) is 66.6 Å². The van der Waals surface area contributed by atoms with E-state index in [1.54, 1.807) is 23.3 Å². The fourth-order valence-corrected chi connectivity index (χ4v) is 3.14. The van der Waals surface area contributed by atoms with E-state index >= 15 is 0 Å². The van der Waals surface area contributed by atoms with Crippen LogP contribution in [0.4, 0.5) is 0 Å². The van der Waals surface area contributed by atoms with Crippen LogP contribution in [0.25, 0.3) is 22.4 Å². The SMILES string of the molecule is O=C(c1cc(-c2ccco2)nc2ccccc12)N1CCC(O)CC1. The van der Waals surface area contributed by atoms with Crippen LogP contribution in [0.1, 0.15) is 23.2 Å². The van der Waals surface area contributed by atoms with E-state index in [9.17, 15) is 9.90 Å². The van der Waals surface area contributed by atoms with Crippen molar-refractivity contribution in [3.8, 4) is 11.5 Å². The van der Waals surface area contributed by atoms with E-state index in [1.165, 1.54) is 0 Å². The highest BCUT2D eigenvalue weighted by atomic mass is 16.3. The number of fused-ring (bicyclic) bond motifs is 1. The molecule has 5 heteroatoms. The maximum atomic E-state index is 13.0. The summed E-state index contributed by atoms with van der Waals surface area (Å²) in [4.78, 5) is 19.4. The smallest absolute Gasteiger partial charge is 0.254 e. The number of aliphatic hydroxyl groups excluding tert-OH is 1. The largest absolute Gasteiger partial charge is 0.463 e. The second-order valence-electron chi connectivity index (χ2n) is 6.07. The van der Waals surface area contributed by atoms with Crippen LogP contribution in [0.2, 0.25) is 0 Å². The number of hydrogen-bond acceptors (Lipinski definition) is 4. The van der Waals surface area contributed by atoms with Crippen LogP contribution in [0.15, 0.2) is 53.1 Å². The third-order valence-electron chi connectivity index (χ3n) is 4.47. The van der Waals surface area contributed by atoms with Crippen LogP contribution in [-0.2, 0) is 0 Å². The van der Waals surface area contributed by atoms with Gasteiger partial charge >= 0.3 is 0 Å². The molecule has 1 saturated heterocycles. The number of aliphatic hydroxyl groups is 1. The van der Waals surface area contributed by atoms with Crippen molar-refractivity contribution in [2.75, 3.05) is 13.1 Å². The number of pyridine rings is 1. The molecule has 0 atom stereocenters. The number of likely N-dealkylation sites (tertiary alicyclic amines) is 1. The first-order chi connectivity index (χ1) is 11.7. The summed E-state index contributed by atoms with van der Waals surface area (Å²) in [6.45, 7) is 1.15. The van der Waals surface area contributed by atoms with Crippen molar-refractivity contribution in [3.63, 3.8) is 0 Å². The van der Waals surface area contributed by atoms with Crippen LogP contribution < -0.4 is 0 Å². The summed E-state index contributed by atoms with van der Waals surface area (Å²) >= 11 is 0. The van der Waals surface area contributed by atoms with Gasteiger partial charge in [-0.2, -0.15) is 0 Å². The number of carbonyl (C=O) groups excluding carboxylic acids is 1. The summed E-state index contributed by atoms with van der Waals surface area (Å²) < 4.78 is 5.44. The molecule has 1 N–H and O–H groups in total. The van der Waals surface area contributed by atoms with Gasteiger partial charge in [-0.15, -0.1) is 0 Å². The Balaban J connectivity index is 1.79. The molecular weight excluding hydrogens is 304 g/mol. The molecule has 4 rings (SSSR count).